The molecule has 0 bridgehead atoms. The Bertz CT molecular complexity index is 190. The Morgan fingerprint density at radius 1 is 1.40 bits per heavy atom. The van der Waals surface area contributed by atoms with E-state index in [9.17, 15) is 4.79 Å². The molecule has 3 heteroatoms. The lowest BCUT2D eigenvalue weighted by Crippen LogP contribution is -2.41. The zero-order chi connectivity index (χ0) is 11.7. The number of rotatable bonds is 9. The summed E-state index contributed by atoms with van der Waals surface area (Å²) in [6, 6.07) is -0.413. The van der Waals surface area contributed by atoms with E-state index in [1.807, 2.05) is 19.9 Å². The Kier molecular flexibility index (Phi) is 8.01. The maximum absolute atomic E-state index is 10.8. The van der Waals surface area contributed by atoms with Crippen LogP contribution < -0.4 is 5.32 Å². The van der Waals surface area contributed by atoms with Crippen LogP contribution in [0.2, 0.25) is 0 Å². The van der Waals surface area contributed by atoms with Crippen LogP contribution in [-0.4, -0.2) is 23.7 Å². The van der Waals surface area contributed by atoms with E-state index in [1.54, 1.807) is 0 Å². The summed E-state index contributed by atoms with van der Waals surface area (Å²) >= 11 is 0. The van der Waals surface area contributed by atoms with Gasteiger partial charge in [-0.3, -0.25) is 4.79 Å². The van der Waals surface area contributed by atoms with Crippen molar-refractivity contribution in [2.45, 2.75) is 45.6 Å². The standard InChI is InChI=1S/C12H23NO2/c1-4-5-6-7-8-9-13-11(10(2)3)12(14)15/h4,10-11,13H,1,5-9H2,2-3H3,(H,14,15). The first-order chi connectivity index (χ1) is 7.09. The minimum absolute atomic E-state index is 0.135. The van der Waals surface area contributed by atoms with Crippen molar-refractivity contribution in [2.24, 2.45) is 5.92 Å². The zero-order valence-electron chi connectivity index (χ0n) is 9.83. The SMILES string of the molecule is C=CCCCCCNC(C(=O)O)C(C)C. The molecule has 0 aromatic carbocycles. The molecule has 1 unspecified atom stereocenters. The summed E-state index contributed by atoms with van der Waals surface area (Å²) in [7, 11) is 0. The number of hydrogen-bond donors (Lipinski definition) is 2. The Morgan fingerprint density at radius 3 is 2.53 bits per heavy atom. The van der Waals surface area contributed by atoms with E-state index >= 15 is 0 Å². The Labute approximate surface area is 92.6 Å². The molecule has 0 aromatic rings. The van der Waals surface area contributed by atoms with Crippen LogP contribution in [-0.2, 0) is 4.79 Å². The highest BCUT2D eigenvalue weighted by Gasteiger charge is 2.19. The van der Waals surface area contributed by atoms with Crippen molar-refractivity contribution in [1.29, 1.82) is 0 Å². The van der Waals surface area contributed by atoms with Crippen LogP contribution in [0.4, 0.5) is 0 Å². The van der Waals surface area contributed by atoms with Gasteiger partial charge in [0.25, 0.3) is 0 Å². The number of aliphatic carboxylic acids is 1. The maximum Gasteiger partial charge on any atom is 0.320 e. The molecule has 0 heterocycles. The smallest absolute Gasteiger partial charge is 0.320 e. The number of carboxylic acid groups (broad SMARTS) is 1. The van der Waals surface area contributed by atoms with E-state index in [0.717, 1.165) is 32.2 Å². The number of carbonyl (C=O) groups is 1. The molecule has 0 aliphatic heterocycles. The van der Waals surface area contributed by atoms with Gasteiger partial charge in [0.2, 0.25) is 0 Å². The summed E-state index contributed by atoms with van der Waals surface area (Å²) in [5.74, 6) is -0.619. The molecule has 0 amide bonds. The van der Waals surface area contributed by atoms with Crippen molar-refractivity contribution >= 4 is 5.97 Å². The van der Waals surface area contributed by atoms with E-state index in [2.05, 4.69) is 11.9 Å². The van der Waals surface area contributed by atoms with Gasteiger partial charge in [0.1, 0.15) is 6.04 Å². The molecule has 0 aromatic heterocycles. The maximum atomic E-state index is 10.8. The molecular weight excluding hydrogens is 190 g/mol. The fourth-order valence-corrected chi connectivity index (χ4v) is 1.46. The van der Waals surface area contributed by atoms with Crippen molar-refractivity contribution in [3.05, 3.63) is 12.7 Å². The fourth-order valence-electron chi connectivity index (χ4n) is 1.46. The summed E-state index contributed by atoms with van der Waals surface area (Å²) in [6.45, 7) is 8.28. The highest BCUT2D eigenvalue weighted by molar-refractivity contribution is 5.73. The van der Waals surface area contributed by atoms with Crippen molar-refractivity contribution in [2.75, 3.05) is 6.54 Å². The van der Waals surface area contributed by atoms with Gasteiger partial charge in [0.05, 0.1) is 0 Å². The second-order valence-corrected chi connectivity index (χ2v) is 4.15. The van der Waals surface area contributed by atoms with Crippen molar-refractivity contribution in [3.63, 3.8) is 0 Å². The van der Waals surface area contributed by atoms with Gasteiger partial charge in [-0.15, -0.1) is 6.58 Å². The first-order valence-corrected chi connectivity index (χ1v) is 5.66. The summed E-state index contributed by atoms with van der Waals surface area (Å²) in [5.41, 5.74) is 0. The van der Waals surface area contributed by atoms with Gasteiger partial charge < -0.3 is 10.4 Å². The molecule has 0 saturated heterocycles. The van der Waals surface area contributed by atoms with Crippen LogP contribution >= 0.6 is 0 Å². The van der Waals surface area contributed by atoms with E-state index in [1.165, 1.54) is 0 Å². The highest BCUT2D eigenvalue weighted by atomic mass is 16.4. The summed E-state index contributed by atoms with van der Waals surface area (Å²) in [6.07, 6.45) is 6.27. The van der Waals surface area contributed by atoms with E-state index in [0.29, 0.717) is 0 Å². The average molecular weight is 213 g/mol. The normalized spacial score (nSPS) is 12.7. The topological polar surface area (TPSA) is 49.3 Å². The van der Waals surface area contributed by atoms with Gasteiger partial charge in [-0.25, -0.2) is 0 Å². The molecule has 15 heavy (non-hydrogen) atoms. The van der Waals surface area contributed by atoms with E-state index in [4.69, 9.17) is 5.11 Å². The number of allylic oxidation sites excluding steroid dienone is 1. The fraction of sp³-hybridized carbons (Fsp3) is 0.750. The third-order valence-corrected chi connectivity index (χ3v) is 2.38. The summed E-state index contributed by atoms with van der Waals surface area (Å²) in [5, 5.41) is 12.0. The third-order valence-electron chi connectivity index (χ3n) is 2.38. The third kappa shape index (κ3) is 7.14. The molecule has 0 spiro atoms. The lowest BCUT2D eigenvalue weighted by Gasteiger charge is -2.17. The average Bonchev–Trinajstić information content (AvgIpc) is 2.15. The highest BCUT2D eigenvalue weighted by Crippen LogP contribution is 2.03. The minimum Gasteiger partial charge on any atom is -0.480 e. The van der Waals surface area contributed by atoms with Crippen LogP contribution in [0.3, 0.4) is 0 Å². The van der Waals surface area contributed by atoms with Crippen molar-refractivity contribution in [3.8, 4) is 0 Å². The van der Waals surface area contributed by atoms with Gasteiger partial charge in [0.15, 0.2) is 0 Å². The summed E-state index contributed by atoms with van der Waals surface area (Å²) < 4.78 is 0. The Balaban J connectivity index is 3.54. The molecule has 0 saturated carbocycles. The predicted molar refractivity (Wildman–Crippen MR) is 62.9 cm³/mol. The second-order valence-electron chi connectivity index (χ2n) is 4.15. The molecule has 3 nitrogen and oxygen atoms in total. The number of carboxylic acids is 1. The quantitative estimate of drug-likeness (QED) is 0.457. The molecule has 0 fully saturated rings. The van der Waals surface area contributed by atoms with Crippen LogP contribution in [0.15, 0.2) is 12.7 Å². The number of hydrogen-bond acceptors (Lipinski definition) is 2. The molecule has 0 aliphatic rings. The number of unbranched alkanes of at least 4 members (excludes halogenated alkanes) is 3. The van der Waals surface area contributed by atoms with Crippen LogP contribution in [0.5, 0.6) is 0 Å². The van der Waals surface area contributed by atoms with E-state index in [-0.39, 0.29) is 5.92 Å². The lowest BCUT2D eigenvalue weighted by molar-refractivity contribution is -0.140. The van der Waals surface area contributed by atoms with Crippen molar-refractivity contribution in [1.82, 2.24) is 5.32 Å². The van der Waals surface area contributed by atoms with Gasteiger partial charge in [-0.2, -0.15) is 0 Å². The number of nitrogens with one attached hydrogen (secondary N) is 1. The van der Waals surface area contributed by atoms with Gasteiger partial charge in [-0.05, 0) is 31.7 Å². The van der Waals surface area contributed by atoms with E-state index < -0.39 is 12.0 Å². The Hall–Kier alpha value is -0.830. The van der Waals surface area contributed by atoms with Gasteiger partial charge in [-0.1, -0.05) is 26.3 Å². The second kappa shape index (κ2) is 8.48. The first kappa shape index (κ1) is 14.2. The molecular formula is C12H23NO2. The molecule has 2 N–H and O–H groups in total. The first-order valence-electron chi connectivity index (χ1n) is 5.66. The van der Waals surface area contributed by atoms with Crippen molar-refractivity contribution < 1.29 is 9.90 Å². The van der Waals surface area contributed by atoms with Gasteiger partial charge >= 0.3 is 5.97 Å². The van der Waals surface area contributed by atoms with Crippen LogP contribution in [0.1, 0.15) is 39.5 Å². The molecule has 1 atom stereocenters. The molecule has 0 aliphatic carbocycles. The molecule has 0 rings (SSSR count). The minimum atomic E-state index is -0.754. The lowest BCUT2D eigenvalue weighted by atomic mass is 10.0. The largest absolute Gasteiger partial charge is 0.480 e. The summed E-state index contributed by atoms with van der Waals surface area (Å²) in [4.78, 5) is 10.8. The van der Waals surface area contributed by atoms with Gasteiger partial charge in [0, 0.05) is 0 Å². The van der Waals surface area contributed by atoms with Crippen LogP contribution in [0.25, 0.3) is 0 Å². The Morgan fingerprint density at radius 2 is 2.07 bits per heavy atom. The molecule has 88 valence electrons. The monoisotopic (exact) mass is 213 g/mol. The molecule has 0 radical (unpaired) electrons. The predicted octanol–water partition coefficient (Wildman–Crippen LogP) is 2.43. The van der Waals surface area contributed by atoms with Crippen LogP contribution in [0, 0.1) is 5.92 Å². The zero-order valence-corrected chi connectivity index (χ0v) is 9.83.